The molecule has 1 heterocycles. The van der Waals surface area contributed by atoms with E-state index in [1.165, 1.54) is 11.1 Å². The maximum Gasteiger partial charge on any atom is 0.135 e. The minimum Gasteiger partial charge on any atom is -0.373 e. The van der Waals surface area contributed by atoms with E-state index in [4.69, 9.17) is 0 Å². The molecule has 0 saturated heterocycles. The van der Waals surface area contributed by atoms with Gasteiger partial charge in [0.25, 0.3) is 0 Å². The zero-order valence-electron chi connectivity index (χ0n) is 12.8. The summed E-state index contributed by atoms with van der Waals surface area (Å²) in [5, 5.41) is 3.12. The highest BCUT2D eigenvalue weighted by molar-refractivity contribution is 5.36. The minimum absolute atomic E-state index is 0.599. The molecule has 1 N–H and O–H groups in total. The summed E-state index contributed by atoms with van der Waals surface area (Å²) < 4.78 is 0. The van der Waals surface area contributed by atoms with E-state index >= 15 is 0 Å². The zero-order valence-corrected chi connectivity index (χ0v) is 12.8. The van der Waals surface area contributed by atoms with Crippen molar-refractivity contribution < 1.29 is 0 Å². The molecule has 0 unspecified atom stereocenters. The van der Waals surface area contributed by atoms with Gasteiger partial charge in [0.15, 0.2) is 0 Å². The molecule has 2 aromatic rings. The Balaban J connectivity index is 2.23. The van der Waals surface area contributed by atoms with Crippen LogP contribution >= 0.6 is 0 Å². The highest BCUT2D eigenvalue weighted by atomic mass is 15.0. The quantitative estimate of drug-likeness (QED) is 0.901. The van der Waals surface area contributed by atoms with Gasteiger partial charge in [-0.1, -0.05) is 43.7 Å². The van der Waals surface area contributed by atoms with Crippen molar-refractivity contribution in [2.45, 2.75) is 33.6 Å². The number of hydrogen-bond donors (Lipinski definition) is 1. The molecule has 0 aliphatic carbocycles. The third-order valence-corrected chi connectivity index (χ3v) is 3.18. The first kappa shape index (κ1) is 14.5. The number of anilines is 1. The molecule has 0 fully saturated rings. The number of nitrogens with zero attached hydrogens (tertiary/aromatic N) is 2. The molecular formula is C17H23N3. The molecule has 3 heteroatoms. The normalized spacial score (nSPS) is 10.8. The second kappa shape index (κ2) is 6.51. The number of nitrogens with one attached hydrogen (secondary N) is 1. The smallest absolute Gasteiger partial charge is 0.135 e. The summed E-state index contributed by atoms with van der Waals surface area (Å²) in [6, 6.07) is 10.6. The lowest BCUT2D eigenvalue weighted by Gasteiger charge is -2.09. The standard InChI is InChI=1S/C17H23N3/c1-12(2)9-15-11-16(18-4)20-17(19-15)10-14-7-5-13(3)6-8-14/h5-8,11-12H,9-10H2,1-4H3,(H,18,19,20). The molecule has 0 saturated carbocycles. The first-order valence-electron chi connectivity index (χ1n) is 7.17. The third kappa shape index (κ3) is 4.05. The first-order chi connectivity index (χ1) is 9.56. The van der Waals surface area contributed by atoms with Gasteiger partial charge in [-0.25, -0.2) is 9.97 Å². The number of aromatic nitrogens is 2. The van der Waals surface area contributed by atoms with Crippen LogP contribution in [0.1, 0.15) is 36.5 Å². The van der Waals surface area contributed by atoms with Gasteiger partial charge in [0.05, 0.1) is 0 Å². The summed E-state index contributed by atoms with van der Waals surface area (Å²) in [7, 11) is 1.90. The van der Waals surface area contributed by atoms with E-state index in [-0.39, 0.29) is 0 Å². The molecule has 2 rings (SSSR count). The van der Waals surface area contributed by atoms with Gasteiger partial charge in [-0.05, 0) is 24.8 Å². The number of benzene rings is 1. The molecule has 0 spiro atoms. The average molecular weight is 269 g/mol. The van der Waals surface area contributed by atoms with Gasteiger partial charge in [0.1, 0.15) is 11.6 Å². The highest BCUT2D eigenvalue weighted by Gasteiger charge is 2.07. The molecule has 0 aliphatic heterocycles. The molecule has 3 nitrogen and oxygen atoms in total. The summed E-state index contributed by atoms with van der Waals surface area (Å²) in [4.78, 5) is 9.24. The van der Waals surface area contributed by atoms with E-state index in [0.717, 1.165) is 30.2 Å². The van der Waals surface area contributed by atoms with Crippen LogP contribution < -0.4 is 5.32 Å². The highest BCUT2D eigenvalue weighted by Crippen LogP contribution is 2.14. The first-order valence-corrected chi connectivity index (χ1v) is 7.17. The Bertz CT molecular complexity index is 559. The van der Waals surface area contributed by atoms with Gasteiger partial charge in [0.2, 0.25) is 0 Å². The maximum absolute atomic E-state index is 4.69. The Hall–Kier alpha value is -1.90. The van der Waals surface area contributed by atoms with Gasteiger partial charge in [-0.15, -0.1) is 0 Å². The average Bonchev–Trinajstić information content (AvgIpc) is 2.40. The van der Waals surface area contributed by atoms with Crippen molar-refractivity contribution in [3.8, 4) is 0 Å². The minimum atomic E-state index is 0.599. The van der Waals surface area contributed by atoms with E-state index in [2.05, 4.69) is 60.3 Å². The van der Waals surface area contributed by atoms with Crippen molar-refractivity contribution in [1.82, 2.24) is 9.97 Å². The molecule has 0 bridgehead atoms. The monoisotopic (exact) mass is 269 g/mol. The zero-order chi connectivity index (χ0) is 14.5. The lowest BCUT2D eigenvalue weighted by molar-refractivity contribution is 0.631. The van der Waals surface area contributed by atoms with Gasteiger partial charge >= 0.3 is 0 Å². The SMILES string of the molecule is CNc1cc(CC(C)C)nc(Cc2ccc(C)cc2)n1. The van der Waals surface area contributed by atoms with E-state index in [9.17, 15) is 0 Å². The van der Waals surface area contributed by atoms with E-state index in [1.54, 1.807) is 0 Å². The second-order valence-corrected chi connectivity index (χ2v) is 5.67. The molecule has 0 atom stereocenters. The molecule has 1 aromatic carbocycles. The molecule has 0 amide bonds. The van der Waals surface area contributed by atoms with Crippen LogP contribution in [0.3, 0.4) is 0 Å². The largest absolute Gasteiger partial charge is 0.373 e. The van der Waals surface area contributed by atoms with Crippen molar-refractivity contribution in [3.05, 3.63) is 53.0 Å². The molecular weight excluding hydrogens is 246 g/mol. The topological polar surface area (TPSA) is 37.8 Å². The predicted molar refractivity (Wildman–Crippen MR) is 84.1 cm³/mol. The predicted octanol–water partition coefficient (Wildman–Crippen LogP) is 3.62. The number of aryl methyl sites for hydroxylation is 1. The summed E-state index contributed by atoms with van der Waals surface area (Å²) in [6.07, 6.45) is 1.76. The van der Waals surface area contributed by atoms with E-state index < -0.39 is 0 Å². The Morgan fingerprint density at radius 2 is 1.80 bits per heavy atom. The molecule has 0 aliphatic rings. The molecule has 0 radical (unpaired) electrons. The summed E-state index contributed by atoms with van der Waals surface area (Å²) in [5.41, 5.74) is 3.64. The lowest BCUT2D eigenvalue weighted by atomic mass is 10.1. The Kier molecular flexibility index (Phi) is 4.72. The Morgan fingerprint density at radius 1 is 1.10 bits per heavy atom. The van der Waals surface area contributed by atoms with Crippen molar-refractivity contribution in [1.29, 1.82) is 0 Å². The summed E-state index contributed by atoms with van der Waals surface area (Å²) in [5.74, 6) is 2.39. The van der Waals surface area contributed by atoms with Crippen LogP contribution in [0.15, 0.2) is 30.3 Å². The summed E-state index contributed by atoms with van der Waals surface area (Å²) in [6.45, 7) is 6.52. The van der Waals surface area contributed by atoms with Crippen molar-refractivity contribution >= 4 is 5.82 Å². The second-order valence-electron chi connectivity index (χ2n) is 5.67. The Labute approximate surface area is 121 Å². The van der Waals surface area contributed by atoms with E-state index in [1.807, 2.05) is 13.1 Å². The molecule has 106 valence electrons. The van der Waals surface area contributed by atoms with Crippen LogP contribution in [0.2, 0.25) is 0 Å². The van der Waals surface area contributed by atoms with Crippen molar-refractivity contribution in [2.75, 3.05) is 12.4 Å². The van der Waals surface area contributed by atoms with Crippen LogP contribution in [0, 0.1) is 12.8 Å². The van der Waals surface area contributed by atoms with Crippen molar-refractivity contribution in [2.24, 2.45) is 5.92 Å². The van der Waals surface area contributed by atoms with Crippen LogP contribution in [0.4, 0.5) is 5.82 Å². The molecule has 20 heavy (non-hydrogen) atoms. The third-order valence-electron chi connectivity index (χ3n) is 3.18. The van der Waals surface area contributed by atoms with Gasteiger partial charge < -0.3 is 5.32 Å². The van der Waals surface area contributed by atoms with Crippen molar-refractivity contribution in [3.63, 3.8) is 0 Å². The lowest BCUT2D eigenvalue weighted by Crippen LogP contribution is -2.06. The molecule has 1 aromatic heterocycles. The number of hydrogen-bond acceptors (Lipinski definition) is 3. The van der Waals surface area contributed by atoms with Crippen LogP contribution in [0.5, 0.6) is 0 Å². The van der Waals surface area contributed by atoms with Crippen LogP contribution in [-0.4, -0.2) is 17.0 Å². The fraction of sp³-hybridized carbons (Fsp3) is 0.412. The van der Waals surface area contributed by atoms with Gasteiger partial charge in [0, 0.05) is 25.2 Å². The van der Waals surface area contributed by atoms with Crippen LogP contribution in [-0.2, 0) is 12.8 Å². The number of rotatable bonds is 5. The Morgan fingerprint density at radius 3 is 2.40 bits per heavy atom. The fourth-order valence-corrected chi connectivity index (χ4v) is 2.17. The van der Waals surface area contributed by atoms with E-state index in [0.29, 0.717) is 5.92 Å². The fourth-order valence-electron chi connectivity index (χ4n) is 2.17. The van der Waals surface area contributed by atoms with Gasteiger partial charge in [-0.3, -0.25) is 0 Å². The van der Waals surface area contributed by atoms with Gasteiger partial charge in [-0.2, -0.15) is 0 Å². The van der Waals surface area contributed by atoms with Crippen LogP contribution in [0.25, 0.3) is 0 Å². The maximum atomic E-state index is 4.69. The summed E-state index contributed by atoms with van der Waals surface area (Å²) >= 11 is 0.